The van der Waals surface area contributed by atoms with Gasteiger partial charge in [-0.25, -0.2) is 0 Å². The van der Waals surface area contributed by atoms with Gasteiger partial charge in [0.05, 0.1) is 5.69 Å². The Bertz CT molecular complexity index is 309. The predicted molar refractivity (Wildman–Crippen MR) is 68.4 cm³/mol. The minimum absolute atomic E-state index is 0.227. The zero-order valence-corrected chi connectivity index (χ0v) is 11.2. The monoisotopic (exact) mass is 223 g/mol. The summed E-state index contributed by atoms with van der Waals surface area (Å²) in [5.41, 5.74) is 1.43. The summed E-state index contributed by atoms with van der Waals surface area (Å²) in [6, 6.07) is 2.10. The van der Waals surface area contributed by atoms with Gasteiger partial charge in [0.2, 0.25) is 0 Å². The van der Waals surface area contributed by atoms with Crippen molar-refractivity contribution in [1.29, 1.82) is 0 Å². The summed E-state index contributed by atoms with van der Waals surface area (Å²) in [6.45, 7) is 9.99. The number of hydrogen-bond donors (Lipinski definition) is 1. The van der Waals surface area contributed by atoms with Crippen LogP contribution in [0.3, 0.4) is 0 Å². The minimum atomic E-state index is 0.227. The Hall–Kier alpha value is -0.830. The lowest BCUT2D eigenvalue weighted by atomic mass is 10.0. The van der Waals surface area contributed by atoms with Crippen LogP contribution in [0.4, 0.5) is 0 Å². The predicted octanol–water partition coefficient (Wildman–Crippen LogP) is 2.38. The molecule has 0 saturated carbocycles. The molecule has 92 valence electrons. The van der Waals surface area contributed by atoms with Gasteiger partial charge in [-0.2, -0.15) is 5.10 Å². The second-order valence-electron chi connectivity index (χ2n) is 5.76. The van der Waals surface area contributed by atoms with Crippen molar-refractivity contribution < 1.29 is 0 Å². The Kier molecular flexibility index (Phi) is 4.54. The zero-order valence-electron chi connectivity index (χ0n) is 11.2. The van der Waals surface area contributed by atoms with Gasteiger partial charge in [0, 0.05) is 18.8 Å². The molecular weight excluding hydrogens is 198 g/mol. The van der Waals surface area contributed by atoms with Gasteiger partial charge in [0.15, 0.2) is 0 Å². The lowest BCUT2D eigenvalue weighted by Gasteiger charge is -2.21. The van der Waals surface area contributed by atoms with E-state index in [2.05, 4.69) is 44.2 Å². The third-order valence-electron chi connectivity index (χ3n) is 2.62. The van der Waals surface area contributed by atoms with Crippen molar-refractivity contribution >= 4 is 0 Å². The van der Waals surface area contributed by atoms with Gasteiger partial charge in [-0.3, -0.25) is 4.68 Å². The molecule has 0 aliphatic carbocycles. The van der Waals surface area contributed by atoms with Crippen LogP contribution in [-0.4, -0.2) is 21.9 Å². The molecule has 1 rings (SSSR count). The van der Waals surface area contributed by atoms with Crippen LogP contribution in [0.5, 0.6) is 0 Å². The number of nitrogens with zero attached hydrogens (tertiary/aromatic N) is 2. The van der Waals surface area contributed by atoms with Crippen LogP contribution in [0.2, 0.25) is 0 Å². The first kappa shape index (κ1) is 13.2. The molecule has 1 heterocycles. The molecule has 1 unspecified atom stereocenters. The molecule has 0 aromatic carbocycles. The van der Waals surface area contributed by atoms with E-state index in [1.165, 1.54) is 12.1 Å². The Balaban J connectivity index is 2.23. The van der Waals surface area contributed by atoms with E-state index in [1.54, 1.807) is 0 Å². The summed E-state index contributed by atoms with van der Waals surface area (Å²) in [4.78, 5) is 0. The molecule has 3 nitrogen and oxygen atoms in total. The molecular formula is C13H25N3. The number of aromatic nitrogens is 2. The van der Waals surface area contributed by atoms with E-state index in [4.69, 9.17) is 0 Å². The third kappa shape index (κ3) is 5.31. The number of rotatable bonds is 5. The molecule has 1 aromatic heterocycles. The average molecular weight is 223 g/mol. The maximum atomic E-state index is 4.40. The molecule has 0 spiro atoms. The first-order valence-corrected chi connectivity index (χ1v) is 6.10. The van der Waals surface area contributed by atoms with Gasteiger partial charge in [-0.15, -0.1) is 0 Å². The first-order chi connectivity index (χ1) is 7.37. The maximum Gasteiger partial charge on any atom is 0.0627 e. The normalized spacial score (nSPS) is 14.1. The van der Waals surface area contributed by atoms with Gasteiger partial charge in [-0.05, 0) is 52.1 Å². The zero-order chi connectivity index (χ0) is 12.2. The highest BCUT2D eigenvalue weighted by molar-refractivity contribution is 4.99. The second kappa shape index (κ2) is 5.48. The summed E-state index contributed by atoms with van der Waals surface area (Å²) < 4.78 is 1.87. The van der Waals surface area contributed by atoms with Gasteiger partial charge in [0.1, 0.15) is 0 Å². The maximum absolute atomic E-state index is 4.40. The molecule has 1 N–H and O–H groups in total. The summed E-state index contributed by atoms with van der Waals surface area (Å²) in [7, 11) is 1.97. The van der Waals surface area contributed by atoms with E-state index in [0.29, 0.717) is 5.92 Å². The van der Waals surface area contributed by atoms with Crippen molar-refractivity contribution in [1.82, 2.24) is 15.1 Å². The van der Waals surface area contributed by atoms with Gasteiger partial charge in [0.25, 0.3) is 0 Å². The lowest BCUT2D eigenvalue weighted by molar-refractivity contribution is 0.392. The number of nitrogens with one attached hydrogen (secondary N) is 1. The molecule has 1 aromatic rings. The van der Waals surface area contributed by atoms with Crippen LogP contribution >= 0.6 is 0 Å². The van der Waals surface area contributed by atoms with E-state index in [0.717, 1.165) is 13.0 Å². The quantitative estimate of drug-likeness (QED) is 0.830. The highest BCUT2D eigenvalue weighted by Gasteiger charge is 2.10. The molecule has 0 aliphatic rings. The highest BCUT2D eigenvalue weighted by atomic mass is 15.2. The molecule has 16 heavy (non-hydrogen) atoms. The van der Waals surface area contributed by atoms with E-state index < -0.39 is 0 Å². The topological polar surface area (TPSA) is 29.9 Å². The first-order valence-electron chi connectivity index (χ1n) is 6.10. The Morgan fingerprint density at radius 3 is 2.62 bits per heavy atom. The van der Waals surface area contributed by atoms with Crippen LogP contribution in [0.15, 0.2) is 12.3 Å². The van der Waals surface area contributed by atoms with Crippen molar-refractivity contribution in [3.05, 3.63) is 18.0 Å². The SMILES string of the molecule is CC(CCNC(C)(C)C)Cc1ccn(C)n1. The average Bonchev–Trinajstić information content (AvgIpc) is 2.48. The van der Waals surface area contributed by atoms with Crippen molar-refractivity contribution in [2.24, 2.45) is 13.0 Å². The third-order valence-corrected chi connectivity index (χ3v) is 2.62. The van der Waals surface area contributed by atoms with Crippen molar-refractivity contribution in [3.63, 3.8) is 0 Å². The van der Waals surface area contributed by atoms with Crippen molar-refractivity contribution in [2.75, 3.05) is 6.54 Å². The fourth-order valence-corrected chi connectivity index (χ4v) is 1.72. The molecule has 1 atom stereocenters. The molecule has 0 bridgehead atoms. The van der Waals surface area contributed by atoms with E-state index in [-0.39, 0.29) is 5.54 Å². The number of aryl methyl sites for hydroxylation is 1. The van der Waals surface area contributed by atoms with Crippen molar-refractivity contribution in [2.45, 2.75) is 46.1 Å². The van der Waals surface area contributed by atoms with Gasteiger partial charge < -0.3 is 5.32 Å². The van der Waals surface area contributed by atoms with Gasteiger partial charge in [-0.1, -0.05) is 6.92 Å². The van der Waals surface area contributed by atoms with E-state index in [9.17, 15) is 0 Å². The van der Waals surface area contributed by atoms with Crippen LogP contribution in [0, 0.1) is 5.92 Å². The molecule has 0 saturated heterocycles. The summed E-state index contributed by atoms with van der Waals surface area (Å²) in [6.07, 6.45) is 4.29. The Morgan fingerprint density at radius 2 is 2.12 bits per heavy atom. The molecule has 0 amide bonds. The van der Waals surface area contributed by atoms with Gasteiger partial charge >= 0.3 is 0 Å². The summed E-state index contributed by atoms with van der Waals surface area (Å²) in [5.74, 6) is 0.685. The van der Waals surface area contributed by atoms with Crippen molar-refractivity contribution in [3.8, 4) is 0 Å². The second-order valence-corrected chi connectivity index (χ2v) is 5.76. The minimum Gasteiger partial charge on any atom is -0.312 e. The summed E-state index contributed by atoms with van der Waals surface area (Å²) in [5, 5.41) is 7.92. The van der Waals surface area contributed by atoms with E-state index in [1.807, 2.05) is 17.9 Å². The largest absolute Gasteiger partial charge is 0.312 e. The van der Waals surface area contributed by atoms with Crippen LogP contribution < -0.4 is 5.32 Å². The van der Waals surface area contributed by atoms with Crippen LogP contribution in [0.1, 0.15) is 39.8 Å². The smallest absolute Gasteiger partial charge is 0.0627 e. The molecule has 0 aliphatic heterocycles. The van der Waals surface area contributed by atoms with Crippen LogP contribution in [-0.2, 0) is 13.5 Å². The number of hydrogen-bond acceptors (Lipinski definition) is 2. The standard InChI is InChI=1S/C13H25N3/c1-11(6-8-14-13(2,3)4)10-12-7-9-16(5)15-12/h7,9,11,14H,6,8,10H2,1-5H3. The Morgan fingerprint density at radius 1 is 1.44 bits per heavy atom. The lowest BCUT2D eigenvalue weighted by Crippen LogP contribution is -2.37. The fourth-order valence-electron chi connectivity index (χ4n) is 1.72. The Labute approximate surface area is 99.2 Å². The molecule has 0 radical (unpaired) electrons. The molecule has 0 fully saturated rings. The van der Waals surface area contributed by atoms with E-state index >= 15 is 0 Å². The fraction of sp³-hybridized carbons (Fsp3) is 0.769. The highest BCUT2D eigenvalue weighted by Crippen LogP contribution is 2.10. The summed E-state index contributed by atoms with van der Waals surface area (Å²) >= 11 is 0. The molecule has 3 heteroatoms. The van der Waals surface area contributed by atoms with Crippen LogP contribution in [0.25, 0.3) is 0 Å².